The first kappa shape index (κ1) is 47.4. The maximum atomic E-state index is 2.61. The van der Waals surface area contributed by atoms with Gasteiger partial charge in [0.05, 0.1) is 44.8 Å². The lowest BCUT2D eigenvalue weighted by atomic mass is 9.71. The number of benzene rings is 11. The van der Waals surface area contributed by atoms with Gasteiger partial charge in [-0.2, -0.15) is 0 Å². The summed E-state index contributed by atoms with van der Waals surface area (Å²) in [5.41, 5.74) is 29.8. The molecule has 0 fully saturated rings. The van der Waals surface area contributed by atoms with E-state index in [4.69, 9.17) is 0 Å². The highest BCUT2D eigenvalue weighted by molar-refractivity contribution is 6.12. The van der Waals surface area contributed by atoms with E-state index in [1.165, 1.54) is 156 Å². The minimum Gasteiger partial charge on any atom is -0.310 e. The highest BCUT2D eigenvalue weighted by Crippen LogP contribution is 2.63. The molecule has 394 valence electrons. The maximum absolute atomic E-state index is 2.61. The topological polar surface area (TPSA) is 16.3 Å². The number of rotatable bonds is 4. The molecule has 2 aromatic heterocycles. The van der Waals surface area contributed by atoms with E-state index in [9.17, 15) is 0 Å². The third kappa shape index (κ3) is 6.11. The van der Waals surface area contributed by atoms with Gasteiger partial charge in [-0.1, -0.05) is 165 Å². The van der Waals surface area contributed by atoms with E-state index in [2.05, 4.69) is 305 Å². The van der Waals surface area contributed by atoms with E-state index in [0.717, 1.165) is 0 Å². The van der Waals surface area contributed by atoms with Gasteiger partial charge in [0.2, 0.25) is 0 Å². The van der Waals surface area contributed by atoms with Gasteiger partial charge in [0.15, 0.2) is 0 Å². The second-order valence-electron chi connectivity index (χ2n) is 25.8. The number of para-hydroxylation sites is 6. The lowest BCUT2D eigenvalue weighted by Gasteiger charge is -2.43. The van der Waals surface area contributed by atoms with Crippen molar-refractivity contribution in [1.82, 2.24) is 9.13 Å². The maximum Gasteiger partial charge on any atom is 0.0542 e. The fourth-order valence-corrected chi connectivity index (χ4v) is 15.8. The Labute approximate surface area is 479 Å². The predicted octanol–water partition coefficient (Wildman–Crippen LogP) is 20.7. The normalized spacial score (nSPS) is 16.1. The van der Waals surface area contributed by atoms with E-state index in [0.29, 0.717) is 0 Å². The summed E-state index contributed by atoms with van der Waals surface area (Å²) in [6.45, 7) is 19.6. The summed E-state index contributed by atoms with van der Waals surface area (Å²) in [5.74, 6) is 0. The Kier molecular flexibility index (Phi) is 9.35. The van der Waals surface area contributed by atoms with Crippen LogP contribution in [0, 0.1) is 0 Å². The number of nitrogens with zero attached hydrogens (tertiary/aromatic N) is 4. The SMILES string of the molecule is CC1(C)c2cc3c(cc2-c2cc4c(cc21)N(c1ccc2c(c1)c1ccccc1n2-c1ccccc1)c1ccccc1C4(C)C)C(C)(C)c1cc2c(cc1-3)C(C)(C)c1ccccc1N2c1ccc2c(c1)c1ccccc1n2-c1ccccc1. The van der Waals surface area contributed by atoms with Gasteiger partial charge in [0.25, 0.3) is 0 Å². The summed E-state index contributed by atoms with van der Waals surface area (Å²) < 4.78 is 4.83. The molecule has 4 aliphatic rings. The van der Waals surface area contributed by atoms with Gasteiger partial charge >= 0.3 is 0 Å². The van der Waals surface area contributed by atoms with Crippen LogP contribution in [-0.4, -0.2) is 9.13 Å². The van der Waals surface area contributed by atoms with Crippen molar-refractivity contribution in [3.63, 3.8) is 0 Å². The van der Waals surface area contributed by atoms with Gasteiger partial charge in [-0.3, -0.25) is 0 Å². The van der Waals surface area contributed by atoms with Crippen molar-refractivity contribution in [3.05, 3.63) is 275 Å². The third-order valence-corrected chi connectivity index (χ3v) is 20.0. The number of aromatic nitrogens is 2. The van der Waals surface area contributed by atoms with Crippen LogP contribution in [-0.2, 0) is 21.7 Å². The molecule has 11 aromatic carbocycles. The van der Waals surface area contributed by atoms with Crippen LogP contribution in [0.15, 0.2) is 231 Å². The molecule has 0 unspecified atom stereocenters. The van der Waals surface area contributed by atoms with Crippen molar-refractivity contribution in [1.29, 1.82) is 0 Å². The lowest BCUT2D eigenvalue weighted by molar-refractivity contribution is 0.627. The van der Waals surface area contributed by atoms with Crippen molar-refractivity contribution in [2.24, 2.45) is 0 Å². The zero-order chi connectivity index (χ0) is 55.3. The summed E-state index contributed by atoms with van der Waals surface area (Å²) in [7, 11) is 0. The van der Waals surface area contributed by atoms with Crippen LogP contribution in [0.1, 0.15) is 99.9 Å². The summed E-state index contributed by atoms with van der Waals surface area (Å²) in [6, 6.07) is 87.3. The fraction of sp³-hybridized carbons (Fsp3) is 0.154. The number of hydrogen-bond donors (Lipinski definition) is 0. The molecule has 2 aliphatic carbocycles. The fourth-order valence-electron chi connectivity index (χ4n) is 15.8. The smallest absolute Gasteiger partial charge is 0.0542 e. The average Bonchev–Trinajstić information content (AvgIpc) is 1.63. The highest BCUT2D eigenvalue weighted by atomic mass is 15.2. The Morgan fingerprint density at radius 3 is 0.951 bits per heavy atom. The van der Waals surface area contributed by atoms with Gasteiger partial charge < -0.3 is 18.9 Å². The van der Waals surface area contributed by atoms with E-state index >= 15 is 0 Å². The highest BCUT2D eigenvalue weighted by Gasteiger charge is 2.47. The molecule has 4 nitrogen and oxygen atoms in total. The van der Waals surface area contributed by atoms with Crippen LogP contribution in [0.4, 0.5) is 34.1 Å². The third-order valence-electron chi connectivity index (χ3n) is 20.0. The predicted molar refractivity (Wildman–Crippen MR) is 344 cm³/mol. The summed E-state index contributed by atoms with van der Waals surface area (Å²) in [4.78, 5) is 5.13. The molecule has 0 bridgehead atoms. The first-order chi connectivity index (χ1) is 39.7. The van der Waals surface area contributed by atoms with Gasteiger partial charge in [-0.25, -0.2) is 0 Å². The minimum absolute atomic E-state index is 0.261. The number of fused-ring (bicyclic) bond motifs is 16. The minimum atomic E-state index is -0.271. The number of hydrogen-bond acceptors (Lipinski definition) is 2. The van der Waals surface area contributed by atoms with Crippen molar-refractivity contribution in [3.8, 4) is 33.6 Å². The number of anilines is 6. The monoisotopic (exact) mass is 1050 g/mol. The van der Waals surface area contributed by atoms with Crippen molar-refractivity contribution < 1.29 is 0 Å². The van der Waals surface area contributed by atoms with E-state index in [-0.39, 0.29) is 21.7 Å². The molecule has 0 saturated carbocycles. The first-order valence-electron chi connectivity index (χ1n) is 29.3. The second kappa shape index (κ2) is 16.2. The molecule has 2 aliphatic heterocycles. The van der Waals surface area contributed by atoms with Crippen molar-refractivity contribution in [2.75, 3.05) is 9.80 Å². The molecule has 4 heterocycles. The van der Waals surface area contributed by atoms with Crippen molar-refractivity contribution >= 4 is 77.7 Å². The molecule has 0 saturated heterocycles. The standard InChI is InChI=1S/C78H62N4/c1-75(2)59-29-17-21-33-71(59)81(49-35-37-69-57(39-49)51-27-15-19-31-67(51)79(69)47-23-11-9-12-24-47)73-45-63-55(43-65(73)75)53-41-62-54(42-61(53)77(63,5)6)56-44-66-74(46-64(56)78(62,7)8)82(72-34-22-18-30-60(72)76(66,3)4)50-36-38-70-58(40-50)52-28-16-20-32-68(52)80(70)48-25-13-10-14-26-48/h9-46H,1-8H3. The second-order valence-corrected chi connectivity index (χ2v) is 25.8. The zero-order valence-electron chi connectivity index (χ0n) is 47.7. The summed E-state index contributed by atoms with van der Waals surface area (Å²) >= 11 is 0. The Morgan fingerprint density at radius 2 is 0.537 bits per heavy atom. The van der Waals surface area contributed by atoms with Crippen LogP contribution in [0.5, 0.6) is 0 Å². The Balaban J connectivity index is 0.822. The van der Waals surface area contributed by atoms with Crippen LogP contribution >= 0.6 is 0 Å². The van der Waals surface area contributed by atoms with Gasteiger partial charge in [-0.15, -0.1) is 0 Å². The molecule has 0 spiro atoms. The summed E-state index contributed by atoms with van der Waals surface area (Å²) in [5, 5.41) is 5.01. The molecule has 13 aromatic rings. The Hall–Kier alpha value is -9.38. The largest absolute Gasteiger partial charge is 0.310 e. The van der Waals surface area contributed by atoms with Crippen LogP contribution in [0.25, 0.3) is 77.2 Å². The molecule has 17 rings (SSSR count). The van der Waals surface area contributed by atoms with Gasteiger partial charge in [0.1, 0.15) is 0 Å². The lowest BCUT2D eigenvalue weighted by Crippen LogP contribution is -2.31. The van der Waals surface area contributed by atoms with Gasteiger partial charge in [0, 0.05) is 66.0 Å². The Morgan fingerprint density at radius 1 is 0.220 bits per heavy atom. The van der Waals surface area contributed by atoms with Crippen molar-refractivity contribution in [2.45, 2.75) is 77.0 Å². The molecule has 82 heavy (non-hydrogen) atoms. The summed E-state index contributed by atoms with van der Waals surface area (Å²) in [6.07, 6.45) is 0. The van der Waals surface area contributed by atoms with Crippen LogP contribution in [0.2, 0.25) is 0 Å². The zero-order valence-corrected chi connectivity index (χ0v) is 47.7. The van der Waals surface area contributed by atoms with Gasteiger partial charge in [-0.05, 0) is 188 Å². The van der Waals surface area contributed by atoms with E-state index < -0.39 is 0 Å². The molecule has 0 atom stereocenters. The van der Waals surface area contributed by atoms with E-state index in [1.807, 2.05) is 0 Å². The van der Waals surface area contributed by atoms with E-state index in [1.54, 1.807) is 0 Å². The molecule has 4 heteroatoms. The molecule has 0 N–H and O–H groups in total. The molecule has 0 amide bonds. The average molecular weight is 1060 g/mol. The molecular formula is C78H62N4. The quantitative estimate of drug-likeness (QED) is 0.175. The molecule has 0 radical (unpaired) electrons. The van der Waals surface area contributed by atoms with Crippen LogP contribution in [0.3, 0.4) is 0 Å². The Bertz CT molecular complexity index is 4620. The van der Waals surface area contributed by atoms with Crippen LogP contribution < -0.4 is 9.80 Å². The molecular weight excluding hydrogens is 993 g/mol. The first-order valence-corrected chi connectivity index (χ1v) is 29.3.